The van der Waals surface area contributed by atoms with Crippen LogP contribution < -0.4 is 0 Å². The molecule has 0 unspecified atom stereocenters. The minimum atomic E-state index is 0.888. The van der Waals surface area contributed by atoms with Crippen molar-refractivity contribution < 1.29 is 0 Å². The van der Waals surface area contributed by atoms with Gasteiger partial charge in [-0.3, -0.25) is 4.68 Å². The molecule has 3 aromatic rings. The lowest BCUT2D eigenvalue weighted by molar-refractivity contribution is 0.768. The monoisotopic (exact) mass is 276 g/mol. The van der Waals surface area contributed by atoms with Crippen LogP contribution in [0.4, 0.5) is 0 Å². The summed E-state index contributed by atoms with van der Waals surface area (Å²) in [6, 6.07) is 2.01. The number of hydrogen-bond acceptors (Lipinski definition) is 2. The Kier molecular flexibility index (Phi) is 2.07. The van der Waals surface area contributed by atoms with E-state index in [1.807, 2.05) is 37.9 Å². The molecule has 0 saturated heterocycles. The summed E-state index contributed by atoms with van der Waals surface area (Å²) >= 11 is 3.61. The first kappa shape index (κ1) is 9.59. The maximum Gasteiger partial charge on any atom is 0.138 e. The van der Waals surface area contributed by atoms with Crippen molar-refractivity contribution in [3.05, 3.63) is 35.3 Å². The van der Waals surface area contributed by atoms with Gasteiger partial charge in [0, 0.05) is 46.6 Å². The second-order valence-electron chi connectivity index (χ2n) is 3.63. The van der Waals surface area contributed by atoms with Crippen molar-refractivity contribution in [2.75, 3.05) is 0 Å². The number of fused-ring (bicyclic) bond motifs is 1. The van der Waals surface area contributed by atoms with Gasteiger partial charge in [0.2, 0.25) is 0 Å². The summed E-state index contributed by atoms with van der Waals surface area (Å²) in [5.74, 6) is 0. The molecule has 0 fully saturated rings. The molecule has 0 atom stereocenters. The SMILES string of the molecule is Cn1cc(-c2cnc3[nH]ccc3c2Br)cn1. The Morgan fingerprint density at radius 3 is 3.00 bits per heavy atom. The van der Waals surface area contributed by atoms with Gasteiger partial charge < -0.3 is 4.98 Å². The molecule has 4 nitrogen and oxygen atoms in total. The summed E-state index contributed by atoms with van der Waals surface area (Å²) in [6.45, 7) is 0. The van der Waals surface area contributed by atoms with Crippen LogP contribution in [0.1, 0.15) is 0 Å². The number of hydrogen-bond donors (Lipinski definition) is 1. The summed E-state index contributed by atoms with van der Waals surface area (Å²) < 4.78 is 2.83. The smallest absolute Gasteiger partial charge is 0.138 e. The zero-order chi connectivity index (χ0) is 11.1. The van der Waals surface area contributed by atoms with Crippen LogP contribution in [0.15, 0.2) is 35.3 Å². The Morgan fingerprint density at radius 1 is 1.38 bits per heavy atom. The normalized spacial score (nSPS) is 11.1. The van der Waals surface area contributed by atoms with Crippen LogP contribution >= 0.6 is 15.9 Å². The van der Waals surface area contributed by atoms with E-state index in [4.69, 9.17) is 0 Å². The number of nitrogens with one attached hydrogen (secondary N) is 1. The maximum atomic E-state index is 4.37. The average Bonchev–Trinajstić information content (AvgIpc) is 2.87. The lowest BCUT2D eigenvalue weighted by Gasteiger charge is -2.01. The Hall–Kier alpha value is -1.62. The zero-order valence-electron chi connectivity index (χ0n) is 8.61. The molecule has 0 amide bonds. The van der Waals surface area contributed by atoms with Crippen molar-refractivity contribution >= 4 is 27.0 Å². The number of nitrogens with zero attached hydrogens (tertiary/aromatic N) is 3. The third-order valence-corrected chi connectivity index (χ3v) is 3.39. The Labute approximate surface area is 100 Å². The fraction of sp³-hybridized carbons (Fsp3) is 0.0909. The second kappa shape index (κ2) is 3.45. The molecule has 0 aliphatic rings. The molecular formula is C11H9BrN4. The van der Waals surface area contributed by atoms with Gasteiger partial charge in [0.25, 0.3) is 0 Å². The number of H-pyrrole nitrogens is 1. The molecule has 3 heterocycles. The fourth-order valence-corrected chi connectivity index (χ4v) is 2.39. The Balaban J connectivity index is 2.27. The molecule has 16 heavy (non-hydrogen) atoms. The molecule has 0 aliphatic heterocycles. The van der Waals surface area contributed by atoms with Crippen LogP contribution in [-0.2, 0) is 7.05 Å². The van der Waals surface area contributed by atoms with Gasteiger partial charge in [-0.05, 0) is 22.0 Å². The molecule has 3 rings (SSSR count). The number of pyridine rings is 1. The summed E-state index contributed by atoms with van der Waals surface area (Å²) in [7, 11) is 1.90. The molecular weight excluding hydrogens is 268 g/mol. The molecule has 0 radical (unpaired) electrons. The van der Waals surface area contributed by atoms with Crippen molar-refractivity contribution in [1.82, 2.24) is 19.7 Å². The van der Waals surface area contributed by atoms with Crippen LogP contribution in [0.3, 0.4) is 0 Å². The minimum absolute atomic E-state index is 0.888. The van der Waals surface area contributed by atoms with E-state index in [0.717, 1.165) is 26.6 Å². The molecule has 0 aliphatic carbocycles. The largest absolute Gasteiger partial charge is 0.346 e. The molecule has 0 saturated carbocycles. The molecule has 3 aromatic heterocycles. The molecule has 5 heteroatoms. The summed E-state index contributed by atoms with van der Waals surface area (Å²) in [5.41, 5.74) is 3.00. The summed E-state index contributed by atoms with van der Waals surface area (Å²) in [6.07, 6.45) is 7.54. The zero-order valence-corrected chi connectivity index (χ0v) is 10.2. The highest BCUT2D eigenvalue weighted by atomic mass is 79.9. The first-order valence-corrected chi connectivity index (χ1v) is 5.65. The van der Waals surface area contributed by atoms with E-state index < -0.39 is 0 Å². The van der Waals surface area contributed by atoms with Gasteiger partial charge in [0.1, 0.15) is 5.65 Å². The van der Waals surface area contributed by atoms with Crippen LogP contribution in [0.2, 0.25) is 0 Å². The molecule has 0 bridgehead atoms. The van der Waals surface area contributed by atoms with E-state index in [1.165, 1.54) is 0 Å². The third kappa shape index (κ3) is 1.36. The minimum Gasteiger partial charge on any atom is -0.346 e. The van der Waals surface area contributed by atoms with Gasteiger partial charge in [-0.25, -0.2) is 4.98 Å². The number of halogens is 1. The predicted molar refractivity (Wildman–Crippen MR) is 66.0 cm³/mol. The van der Waals surface area contributed by atoms with Crippen molar-refractivity contribution in [1.29, 1.82) is 0 Å². The molecule has 80 valence electrons. The second-order valence-corrected chi connectivity index (χ2v) is 4.42. The van der Waals surface area contributed by atoms with Crippen LogP contribution in [0, 0.1) is 0 Å². The Bertz CT molecular complexity index is 653. The number of rotatable bonds is 1. The average molecular weight is 277 g/mol. The first-order valence-electron chi connectivity index (χ1n) is 4.86. The summed E-state index contributed by atoms with van der Waals surface area (Å²) in [4.78, 5) is 7.45. The van der Waals surface area contributed by atoms with E-state index >= 15 is 0 Å². The van der Waals surface area contributed by atoms with E-state index in [1.54, 1.807) is 4.68 Å². The van der Waals surface area contributed by atoms with Gasteiger partial charge in [0.05, 0.1) is 6.20 Å². The van der Waals surface area contributed by atoms with Crippen molar-refractivity contribution in [3.63, 3.8) is 0 Å². The molecule has 0 aromatic carbocycles. The summed E-state index contributed by atoms with van der Waals surface area (Å²) in [5, 5.41) is 5.25. The van der Waals surface area contributed by atoms with E-state index in [0.29, 0.717) is 0 Å². The predicted octanol–water partition coefficient (Wildman–Crippen LogP) is 2.73. The first-order chi connectivity index (χ1) is 7.75. The van der Waals surface area contributed by atoms with Gasteiger partial charge in [-0.15, -0.1) is 0 Å². The van der Waals surface area contributed by atoms with Crippen molar-refractivity contribution in [2.45, 2.75) is 0 Å². The quantitative estimate of drug-likeness (QED) is 0.743. The lowest BCUT2D eigenvalue weighted by Crippen LogP contribution is -1.85. The highest BCUT2D eigenvalue weighted by molar-refractivity contribution is 9.10. The maximum absolute atomic E-state index is 4.37. The van der Waals surface area contributed by atoms with Gasteiger partial charge in [-0.1, -0.05) is 0 Å². The van der Waals surface area contributed by atoms with Gasteiger partial charge in [0.15, 0.2) is 0 Å². The third-order valence-electron chi connectivity index (χ3n) is 2.54. The van der Waals surface area contributed by atoms with Crippen molar-refractivity contribution in [3.8, 4) is 11.1 Å². The van der Waals surface area contributed by atoms with Crippen molar-refractivity contribution in [2.24, 2.45) is 7.05 Å². The fourth-order valence-electron chi connectivity index (χ4n) is 1.74. The lowest BCUT2D eigenvalue weighted by atomic mass is 10.1. The van der Waals surface area contributed by atoms with Crippen LogP contribution in [0.25, 0.3) is 22.2 Å². The van der Waals surface area contributed by atoms with Gasteiger partial charge in [-0.2, -0.15) is 5.10 Å². The van der Waals surface area contributed by atoms with E-state index in [-0.39, 0.29) is 0 Å². The van der Waals surface area contributed by atoms with Gasteiger partial charge >= 0.3 is 0 Å². The molecule has 1 N–H and O–H groups in total. The van der Waals surface area contributed by atoms with Crippen LogP contribution in [0.5, 0.6) is 0 Å². The number of aromatic amines is 1. The van der Waals surface area contributed by atoms with E-state index in [2.05, 4.69) is 31.0 Å². The number of aryl methyl sites for hydroxylation is 1. The standard InChI is InChI=1S/C11H9BrN4/c1-16-6-7(4-15-16)9-5-14-11-8(10(9)12)2-3-13-11/h2-6H,1H3,(H,13,14). The van der Waals surface area contributed by atoms with Crippen LogP contribution in [-0.4, -0.2) is 19.7 Å². The highest BCUT2D eigenvalue weighted by Crippen LogP contribution is 2.32. The number of aromatic nitrogens is 4. The van der Waals surface area contributed by atoms with E-state index in [9.17, 15) is 0 Å². The Morgan fingerprint density at radius 2 is 2.25 bits per heavy atom. The topological polar surface area (TPSA) is 46.5 Å². The molecule has 0 spiro atoms. The highest BCUT2D eigenvalue weighted by Gasteiger charge is 2.09.